The van der Waals surface area contributed by atoms with Gasteiger partial charge in [0.15, 0.2) is 0 Å². The summed E-state index contributed by atoms with van der Waals surface area (Å²) in [5.74, 6) is 0.156. The molecule has 1 amide bonds. The number of hydrogen-bond acceptors (Lipinski definition) is 2. The predicted molar refractivity (Wildman–Crippen MR) is 83.7 cm³/mol. The van der Waals surface area contributed by atoms with Crippen LogP contribution in [0.3, 0.4) is 0 Å². The molecule has 0 aromatic heterocycles. The van der Waals surface area contributed by atoms with E-state index >= 15 is 0 Å². The Morgan fingerprint density at radius 2 is 1.62 bits per heavy atom. The van der Waals surface area contributed by atoms with E-state index in [1.807, 2.05) is 42.5 Å². The van der Waals surface area contributed by atoms with Gasteiger partial charge in [-0.1, -0.05) is 54.6 Å². The smallest absolute Gasteiger partial charge is 0.223 e. The van der Waals surface area contributed by atoms with Gasteiger partial charge < -0.3 is 11.1 Å². The van der Waals surface area contributed by atoms with Crippen LogP contribution in [-0.4, -0.2) is 12.5 Å². The zero-order chi connectivity index (χ0) is 14.7. The molecule has 1 aliphatic carbocycles. The van der Waals surface area contributed by atoms with Gasteiger partial charge in [0.05, 0.1) is 0 Å². The van der Waals surface area contributed by atoms with E-state index in [-0.39, 0.29) is 17.9 Å². The second-order valence-corrected chi connectivity index (χ2v) is 5.64. The average molecular weight is 280 g/mol. The van der Waals surface area contributed by atoms with Gasteiger partial charge in [-0.3, -0.25) is 4.79 Å². The first-order valence-electron chi connectivity index (χ1n) is 7.39. The molecule has 0 saturated carbocycles. The van der Waals surface area contributed by atoms with Crippen LogP contribution in [0, 0.1) is 5.92 Å². The molecular formula is C18H20N2O. The van der Waals surface area contributed by atoms with Crippen molar-refractivity contribution in [1.82, 2.24) is 5.32 Å². The maximum atomic E-state index is 12.3. The molecule has 0 aliphatic heterocycles. The van der Waals surface area contributed by atoms with Gasteiger partial charge in [-0.15, -0.1) is 0 Å². The number of nitrogens with one attached hydrogen (secondary N) is 1. The van der Waals surface area contributed by atoms with Crippen molar-refractivity contribution in [2.75, 3.05) is 6.54 Å². The first-order chi connectivity index (χ1) is 10.2. The number of nitrogens with two attached hydrogens (primary N) is 1. The molecule has 1 unspecified atom stereocenters. The summed E-state index contributed by atoms with van der Waals surface area (Å²) in [4.78, 5) is 12.3. The average Bonchev–Trinajstić information content (AvgIpc) is 2.97. The Bertz CT molecular complexity index is 599. The van der Waals surface area contributed by atoms with E-state index in [0.29, 0.717) is 6.54 Å². The zero-order valence-corrected chi connectivity index (χ0v) is 12.0. The first-order valence-corrected chi connectivity index (χ1v) is 7.39. The SMILES string of the molecule is NC(CNC(=O)C1Cc2ccccc2C1)c1ccccc1. The molecule has 1 aliphatic rings. The van der Waals surface area contributed by atoms with E-state index in [1.165, 1.54) is 11.1 Å². The summed E-state index contributed by atoms with van der Waals surface area (Å²) in [5.41, 5.74) is 9.75. The molecular weight excluding hydrogens is 260 g/mol. The summed E-state index contributed by atoms with van der Waals surface area (Å²) in [7, 11) is 0. The van der Waals surface area contributed by atoms with Gasteiger partial charge in [-0.05, 0) is 29.5 Å². The Hall–Kier alpha value is -2.13. The van der Waals surface area contributed by atoms with Crippen molar-refractivity contribution in [1.29, 1.82) is 0 Å². The number of rotatable bonds is 4. The van der Waals surface area contributed by atoms with Crippen molar-refractivity contribution in [3.8, 4) is 0 Å². The number of hydrogen-bond donors (Lipinski definition) is 2. The summed E-state index contributed by atoms with van der Waals surface area (Å²) in [6, 6.07) is 18.0. The highest BCUT2D eigenvalue weighted by atomic mass is 16.1. The molecule has 0 heterocycles. The fraction of sp³-hybridized carbons (Fsp3) is 0.278. The second kappa shape index (κ2) is 6.10. The number of amides is 1. The van der Waals surface area contributed by atoms with Crippen molar-refractivity contribution in [3.63, 3.8) is 0 Å². The molecule has 0 saturated heterocycles. The Labute approximate surface area is 125 Å². The molecule has 0 spiro atoms. The van der Waals surface area contributed by atoms with Gasteiger partial charge in [0.25, 0.3) is 0 Å². The number of carbonyl (C=O) groups excluding carboxylic acids is 1. The van der Waals surface area contributed by atoms with Crippen LogP contribution in [0.2, 0.25) is 0 Å². The summed E-state index contributed by atoms with van der Waals surface area (Å²) >= 11 is 0. The molecule has 3 nitrogen and oxygen atoms in total. The number of carbonyl (C=O) groups is 1. The van der Waals surface area contributed by atoms with E-state index in [2.05, 4.69) is 17.4 Å². The normalized spacial score (nSPS) is 15.5. The fourth-order valence-corrected chi connectivity index (χ4v) is 2.92. The monoisotopic (exact) mass is 280 g/mol. The Morgan fingerprint density at radius 3 is 2.24 bits per heavy atom. The number of benzene rings is 2. The highest BCUT2D eigenvalue weighted by Gasteiger charge is 2.27. The minimum Gasteiger partial charge on any atom is -0.354 e. The molecule has 2 aromatic carbocycles. The highest BCUT2D eigenvalue weighted by molar-refractivity contribution is 5.80. The molecule has 108 valence electrons. The van der Waals surface area contributed by atoms with Crippen LogP contribution in [0.15, 0.2) is 54.6 Å². The van der Waals surface area contributed by atoms with Crippen LogP contribution in [0.1, 0.15) is 22.7 Å². The van der Waals surface area contributed by atoms with Crippen LogP contribution in [0.25, 0.3) is 0 Å². The summed E-state index contributed by atoms with van der Waals surface area (Å²) < 4.78 is 0. The summed E-state index contributed by atoms with van der Waals surface area (Å²) in [6.45, 7) is 0.482. The molecule has 3 heteroatoms. The van der Waals surface area contributed by atoms with Gasteiger partial charge in [-0.2, -0.15) is 0 Å². The fourth-order valence-electron chi connectivity index (χ4n) is 2.92. The molecule has 0 bridgehead atoms. The third kappa shape index (κ3) is 3.14. The first kappa shape index (κ1) is 13.8. The minimum atomic E-state index is -0.154. The molecule has 1 atom stereocenters. The standard InChI is InChI=1S/C18H20N2O/c19-17(13-6-2-1-3-7-13)12-20-18(21)16-10-14-8-4-5-9-15(14)11-16/h1-9,16-17H,10-12,19H2,(H,20,21). The molecule has 0 radical (unpaired) electrons. The molecule has 21 heavy (non-hydrogen) atoms. The van der Waals surface area contributed by atoms with Gasteiger partial charge >= 0.3 is 0 Å². The Morgan fingerprint density at radius 1 is 1.05 bits per heavy atom. The maximum Gasteiger partial charge on any atom is 0.223 e. The van der Waals surface area contributed by atoms with Gasteiger partial charge in [0.2, 0.25) is 5.91 Å². The van der Waals surface area contributed by atoms with Crippen molar-refractivity contribution in [2.45, 2.75) is 18.9 Å². The largest absolute Gasteiger partial charge is 0.354 e. The van der Waals surface area contributed by atoms with Crippen LogP contribution >= 0.6 is 0 Å². The molecule has 3 N–H and O–H groups in total. The molecule has 3 rings (SSSR count). The molecule has 0 fully saturated rings. The van der Waals surface area contributed by atoms with Crippen molar-refractivity contribution < 1.29 is 4.79 Å². The zero-order valence-electron chi connectivity index (χ0n) is 12.0. The lowest BCUT2D eigenvalue weighted by Gasteiger charge is -2.15. The van der Waals surface area contributed by atoms with Crippen LogP contribution < -0.4 is 11.1 Å². The minimum absolute atomic E-state index is 0.0466. The highest BCUT2D eigenvalue weighted by Crippen LogP contribution is 2.26. The Balaban J connectivity index is 1.54. The van der Waals surface area contributed by atoms with Crippen LogP contribution in [-0.2, 0) is 17.6 Å². The lowest BCUT2D eigenvalue weighted by Crippen LogP contribution is -2.36. The van der Waals surface area contributed by atoms with Gasteiger partial charge in [0.1, 0.15) is 0 Å². The van der Waals surface area contributed by atoms with Crippen molar-refractivity contribution in [3.05, 3.63) is 71.3 Å². The quantitative estimate of drug-likeness (QED) is 0.902. The van der Waals surface area contributed by atoms with E-state index in [4.69, 9.17) is 5.73 Å². The summed E-state index contributed by atoms with van der Waals surface area (Å²) in [5, 5.41) is 2.99. The van der Waals surface area contributed by atoms with E-state index in [0.717, 1.165) is 18.4 Å². The predicted octanol–water partition coefficient (Wildman–Crippen LogP) is 2.22. The topological polar surface area (TPSA) is 55.1 Å². The van der Waals surface area contributed by atoms with E-state index < -0.39 is 0 Å². The third-order valence-corrected chi connectivity index (χ3v) is 4.15. The number of fused-ring (bicyclic) bond motifs is 1. The van der Waals surface area contributed by atoms with Gasteiger partial charge in [-0.25, -0.2) is 0 Å². The van der Waals surface area contributed by atoms with Crippen molar-refractivity contribution in [2.24, 2.45) is 11.7 Å². The lowest BCUT2D eigenvalue weighted by atomic mass is 10.0. The second-order valence-electron chi connectivity index (χ2n) is 5.64. The third-order valence-electron chi connectivity index (χ3n) is 4.15. The summed E-state index contributed by atoms with van der Waals surface area (Å²) in [6.07, 6.45) is 1.67. The lowest BCUT2D eigenvalue weighted by molar-refractivity contribution is -0.124. The van der Waals surface area contributed by atoms with Crippen LogP contribution in [0.5, 0.6) is 0 Å². The maximum absolute atomic E-state index is 12.3. The van der Waals surface area contributed by atoms with Crippen LogP contribution in [0.4, 0.5) is 0 Å². The Kier molecular flexibility index (Phi) is 4.02. The van der Waals surface area contributed by atoms with E-state index in [9.17, 15) is 4.79 Å². The van der Waals surface area contributed by atoms with E-state index in [1.54, 1.807) is 0 Å². The van der Waals surface area contributed by atoms with Crippen molar-refractivity contribution >= 4 is 5.91 Å². The van der Waals surface area contributed by atoms with Gasteiger partial charge in [0, 0.05) is 18.5 Å². The molecule has 2 aromatic rings.